The number of alkyl halides is 1. The molecule has 2 aliphatic rings. The largest absolute Gasteiger partial charge is 0.314 e. The second-order valence-corrected chi connectivity index (χ2v) is 5.30. The lowest BCUT2D eigenvalue weighted by atomic mass is 9.91. The highest BCUT2D eigenvalue weighted by atomic mass is 19.1. The Labute approximate surface area is 92.8 Å². The van der Waals surface area contributed by atoms with Gasteiger partial charge < -0.3 is 5.32 Å². The molecule has 1 aliphatic heterocycles. The van der Waals surface area contributed by atoms with Gasteiger partial charge in [-0.15, -0.1) is 0 Å². The van der Waals surface area contributed by atoms with E-state index in [1.54, 1.807) is 0 Å². The molecule has 0 bridgehead atoms. The van der Waals surface area contributed by atoms with Crippen LogP contribution in [0.15, 0.2) is 0 Å². The SMILES string of the molecule is FC(CC1CCCN1)C1CCCCCC1. The lowest BCUT2D eigenvalue weighted by Crippen LogP contribution is -2.28. The van der Waals surface area contributed by atoms with Gasteiger partial charge in [0.2, 0.25) is 0 Å². The summed E-state index contributed by atoms with van der Waals surface area (Å²) in [5.41, 5.74) is 0. The first-order valence-electron chi connectivity index (χ1n) is 6.74. The highest BCUT2D eigenvalue weighted by Gasteiger charge is 2.26. The minimum atomic E-state index is -0.543. The summed E-state index contributed by atoms with van der Waals surface area (Å²) in [6, 6.07) is 0.475. The summed E-state index contributed by atoms with van der Waals surface area (Å²) in [5.74, 6) is 0.370. The molecule has 1 heterocycles. The number of rotatable bonds is 3. The van der Waals surface area contributed by atoms with Crippen molar-refractivity contribution in [2.24, 2.45) is 5.92 Å². The van der Waals surface area contributed by atoms with Crippen LogP contribution >= 0.6 is 0 Å². The van der Waals surface area contributed by atoms with Crippen molar-refractivity contribution in [3.63, 3.8) is 0 Å². The molecule has 15 heavy (non-hydrogen) atoms. The van der Waals surface area contributed by atoms with Crippen molar-refractivity contribution in [2.75, 3.05) is 6.54 Å². The van der Waals surface area contributed by atoms with Crippen LogP contribution in [0.1, 0.15) is 57.8 Å². The quantitative estimate of drug-likeness (QED) is 0.708. The fraction of sp³-hybridized carbons (Fsp3) is 1.00. The predicted octanol–water partition coefficient (Wildman–Crippen LogP) is 3.44. The number of nitrogens with one attached hydrogen (secondary N) is 1. The third-order valence-corrected chi connectivity index (χ3v) is 4.08. The van der Waals surface area contributed by atoms with Crippen molar-refractivity contribution >= 4 is 0 Å². The van der Waals surface area contributed by atoms with Gasteiger partial charge in [0.15, 0.2) is 0 Å². The Morgan fingerprint density at radius 3 is 2.33 bits per heavy atom. The van der Waals surface area contributed by atoms with Crippen molar-refractivity contribution < 1.29 is 4.39 Å². The van der Waals surface area contributed by atoms with Gasteiger partial charge in [-0.2, -0.15) is 0 Å². The van der Waals surface area contributed by atoms with Crippen LogP contribution in [0.4, 0.5) is 4.39 Å². The van der Waals surface area contributed by atoms with Crippen LogP contribution in [0.25, 0.3) is 0 Å². The Morgan fingerprint density at radius 2 is 1.73 bits per heavy atom. The van der Waals surface area contributed by atoms with Crippen LogP contribution in [-0.4, -0.2) is 18.8 Å². The zero-order chi connectivity index (χ0) is 10.5. The van der Waals surface area contributed by atoms with E-state index in [-0.39, 0.29) is 0 Å². The monoisotopic (exact) mass is 213 g/mol. The molecule has 2 unspecified atom stereocenters. The molecule has 1 nitrogen and oxygen atoms in total. The minimum Gasteiger partial charge on any atom is -0.314 e. The van der Waals surface area contributed by atoms with Gasteiger partial charge in [0.1, 0.15) is 6.17 Å². The summed E-state index contributed by atoms with van der Waals surface area (Å²) >= 11 is 0. The summed E-state index contributed by atoms with van der Waals surface area (Å²) in [6.07, 6.45) is 10.1. The molecule has 0 aromatic carbocycles. The molecule has 2 rings (SSSR count). The topological polar surface area (TPSA) is 12.0 Å². The van der Waals surface area contributed by atoms with Crippen LogP contribution in [0.2, 0.25) is 0 Å². The molecule has 1 N–H and O–H groups in total. The maximum Gasteiger partial charge on any atom is 0.104 e. The van der Waals surface area contributed by atoms with Crippen LogP contribution in [0, 0.1) is 5.92 Å². The first-order chi connectivity index (χ1) is 7.36. The van der Waals surface area contributed by atoms with E-state index < -0.39 is 6.17 Å². The summed E-state index contributed by atoms with van der Waals surface area (Å²) in [5, 5.41) is 3.40. The van der Waals surface area contributed by atoms with E-state index in [0.717, 1.165) is 25.8 Å². The Morgan fingerprint density at radius 1 is 1.00 bits per heavy atom. The smallest absolute Gasteiger partial charge is 0.104 e. The van der Waals surface area contributed by atoms with Crippen LogP contribution in [-0.2, 0) is 0 Å². The summed E-state index contributed by atoms with van der Waals surface area (Å²) in [4.78, 5) is 0. The van der Waals surface area contributed by atoms with E-state index in [1.165, 1.54) is 38.5 Å². The lowest BCUT2D eigenvalue weighted by molar-refractivity contribution is 0.182. The summed E-state index contributed by atoms with van der Waals surface area (Å²) in [7, 11) is 0. The minimum absolute atomic E-state index is 0.370. The number of hydrogen-bond acceptors (Lipinski definition) is 1. The molecule has 0 aromatic heterocycles. The maximum absolute atomic E-state index is 14.1. The fourth-order valence-corrected chi connectivity index (χ4v) is 3.09. The van der Waals surface area contributed by atoms with Gasteiger partial charge in [-0.3, -0.25) is 0 Å². The van der Waals surface area contributed by atoms with Gasteiger partial charge in [0.25, 0.3) is 0 Å². The van der Waals surface area contributed by atoms with E-state index in [0.29, 0.717) is 12.0 Å². The zero-order valence-corrected chi connectivity index (χ0v) is 9.68. The first-order valence-corrected chi connectivity index (χ1v) is 6.74. The average Bonchev–Trinajstić information content (AvgIpc) is 2.58. The van der Waals surface area contributed by atoms with Crippen molar-refractivity contribution in [1.29, 1.82) is 0 Å². The average molecular weight is 213 g/mol. The molecular formula is C13H24FN. The van der Waals surface area contributed by atoms with Crippen LogP contribution < -0.4 is 5.32 Å². The molecule has 2 fully saturated rings. The molecular weight excluding hydrogens is 189 g/mol. The molecule has 0 aromatic rings. The van der Waals surface area contributed by atoms with Gasteiger partial charge in [0.05, 0.1) is 0 Å². The third-order valence-electron chi connectivity index (χ3n) is 4.08. The van der Waals surface area contributed by atoms with Crippen molar-refractivity contribution in [3.8, 4) is 0 Å². The molecule has 2 heteroatoms. The van der Waals surface area contributed by atoms with E-state index in [4.69, 9.17) is 0 Å². The van der Waals surface area contributed by atoms with E-state index in [9.17, 15) is 4.39 Å². The van der Waals surface area contributed by atoms with Gasteiger partial charge in [-0.1, -0.05) is 25.7 Å². The third kappa shape index (κ3) is 3.44. The molecule has 1 saturated carbocycles. The molecule has 2 atom stereocenters. The molecule has 1 aliphatic carbocycles. The maximum atomic E-state index is 14.1. The van der Waals surface area contributed by atoms with Crippen molar-refractivity contribution in [1.82, 2.24) is 5.32 Å². The fourth-order valence-electron chi connectivity index (χ4n) is 3.09. The molecule has 0 spiro atoms. The Bertz CT molecular complexity index is 169. The predicted molar refractivity (Wildman–Crippen MR) is 61.7 cm³/mol. The van der Waals surface area contributed by atoms with E-state index in [2.05, 4.69) is 5.32 Å². The van der Waals surface area contributed by atoms with E-state index in [1.807, 2.05) is 0 Å². The Kier molecular flexibility index (Phi) is 4.42. The number of hydrogen-bond donors (Lipinski definition) is 1. The normalized spacial score (nSPS) is 31.4. The summed E-state index contributed by atoms with van der Waals surface area (Å²) < 4.78 is 14.1. The van der Waals surface area contributed by atoms with Crippen molar-refractivity contribution in [2.45, 2.75) is 70.0 Å². The molecule has 0 amide bonds. The van der Waals surface area contributed by atoms with Crippen LogP contribution in [0.5, 0.6) is 0 Å². The zero-order valence-electron chi connectivity index (χ0n) is 9.68. The van der Waals surface area contributed by atoms with Crippen LogP contribution in [0.3, 0.4) is 0 Å². The Hall–Kier alpha value is -0.110. The molecule has 0 radical (unpaired) electrons. The highest BCUT2D eigenvalue weighted by molar-refractivity contribution is 4.81. The van der Waals surface area contributed by atoms with Gasteiger partial charge >= 0.3 is 0 Å². The van der Waals surface area contributed by atoms with Gasteiger partial charge in [0, 0.05) is 6.04 Å². The van der Waals surface area contributed by atoms with Gasteiger partial charge in [-0.25, -0.2) is 4.39 Å². The number of halogens is 1. The second-order valence-electron chi connectivity index (χ2n) is 5.30. The second kappa shape index (κ2) is 5.83. The summed E-state index contributed by atoms with van der Waals surface area (Å²) in [6.45, 7) is 1.10. The lowest BCUT2D eigenvalue weighted by Gasteiger charge is -2.22. The van der Waals surface area contributed by atoms with E-state index >= 15 is 0 Å². The van der Waals surface area contributed by atoms with Crippen molar-refractivity contribution in [3.05, 3.63) is 0 Å². The molecule has 88 valence electrons. The van der Waals surface area contributed by atoms with Gasteiger partial charge in [-0.05, 0) is 44.6 Å². The molecule has 1 saturated heterocycles. The highest BCUT2D eigenvalue weighted by Crippen LogP contribution is 2.30. The Balaban J connectivity index is 1.74. The standard InChI is InChI=1S/C13H24FN/c14-13(10-12-8-5-9-15-12)11-6-3-1-2-4-7-11/h11-13,15H,1-10H2. The first kappa shape index (κ1) is 11.4.